The summed E-state index contributed by atoms with van der Waals surface area (Å²) < 4.78 is 0. The zero-order valence-corrected chi connectivity index (χ0v) is 9.80. The van der Waals surface area contributed by atoms with E-state index in [1.54, 1.807) is 16.2 Å². The van der Waals surface area contributed by atoms with Crippen molar-refractivity contribution in [3.8, 4) is 0 Å². The first-order valence-electron chi connectivity index (χ1n) is 5.08. The molecule has 0 aromatic carbocycles. The summed E-state index contributed by atoms with van der Waals surface area (Å²) in [6.45, 7) is 5.30. The van der Waals surface area contributed by atoms with Crippen LogP contribution in [0.1, 0.15) is 21.7 Å². The fourth-order valence-corrected chi connectivity index (χ4v) is 2.89. The summed E-state index contributed by atoms with van der Waals surface area (Å²) in [6.07, 6.45) is -0.191. The molecule has 1 fully saturated rings. The first-order chi connectivity index (χ1) is 7.06. The minimum Gasteiger partial charge on any atom is -0.391 e. The van der Waals surface area contributed by atoms with E-state index in [2.05, 4.69) is 19.9 Å². The molecule has 2 heterocycles. The van der Waals surface area contributed by atoms with Crippen LogP contribution in [0.2, 0.25) is 0 Å². The largest absolute Gasteiger partial charge is 0.391 e. The summed E-state index contributed by atoms with van der Waals surface area (Å²) >= 11 is 1.73. The molecule has 4 heteroatoms. The lowest BCUT2D eigenvalue weighted by molar-refractivity contribution is -0.128. The second kappa shape index (κ2) is 3.94. The Morgan fingerprint density at radius 1 is 1.60 bits per heavy atom. The number of carbonyl (C=O) groups excluding carboxylic acids is 1. The van der Waals surface area contributed by atoms with Crippen molar-refractivity contribution in [2.45, 2.75) is 32.9 Å². The molecule has 3 nitrogen and oxygen atoms in total. The third-order valence-electron chi connectivity index (χ3n) is 2.76. The maximum absolute atomic E-state index is 11.5. The maximum atomic E-state index is 11.5. The molecule has 1 N–H and O–H groups in total. The standard InChI is InChI=1S/C11H15NO2S/c1-7-3-10(15-8(7)2)6-12-5-9(13)4-11(12)14/h3,9,13H,4-6H2,1-2H3. The van der Waals surface area contributed by atoms with Crippen molar-refractivity contribution >= 4 is 17.2 Å². The number of aryl methyl sites for hydroxylation is 2. The Kier molecular flexibility index (Phi) is 2.80. The second-order valence-electron chi connectivity index (χ2n) is 4.08. The average molecular weight is 225 g/mol. The Hall–Kier alpha value is -0.870. The van der Waals surface area contributed by atoms with Gasteiger partial charge in [-0.05, 0) is 25.5 Å². The van der Waals surface area contributed by atoms with Gasteiger partial charge < -0.3 is 10.0 Å². The van der Waals surface area contributed by atoms with Gasteiger partial charge in [0.25, 0.3) is 0 Å². The van der Waals surface area contributed by atoms with Gasteiger partial charge >= 0.3 is 0 Å². The Morgan fingerprint density at radius 3 is 2.80 bits per heavy atom. The fourth-order valence-electron chi connectivity index (χ4n) is 1.82. The lowest BCUT2D eigenvalue weighted by Crippen LogP contribution is -2.24. The Bertz CT molecular complexity index is 366. The number of carbonyl (C=O) groups is 1. The molecular formula is C11H15NO2S. The van der Waals surface area contributed by atoms with E-state index >= 15 is 0 Å². The van der Waals surface area contributed by atoms with Gasteiger partial charge in [-0.1, -0.05) is 0 Å². The van der Waals surface area contributed by atoms with Crippen molar-refractivity contribution in [1.82, 2.24) is 4.90 Å². The molecule has 1 aromatic heterocycles. The number of aliphatic hydroxyl groups excluding tert-OH is 1. The summed E-state index contributed by atoms with van der Waals surface area (Å²) in [4.78, 5) is 15.7. The van der Waals surface area contributed by atoms with Crippen LogP contribution in [0.3, 0.4) is 0 Å². The SMILES string of the molecule is Cc1cc(CN2CC(O)CC2=O)sc1C. The molecule has 2 rings (SSSR count). The van der Waals surface area contributed by atoms with E-state index in [9.17, 15) is 9.90 Å². The topological polar surface area (TPSA) is 40.5 Å². The average Bonchev–Trinajstić information content (AvgIpc) is 2.59. The van der Waals surface area contributed by atoms with Crippen LogP contribution in [0.4, 0.5) is 0 Å². The van der Waals surface area contributed by atoms with E-state index in [0.29, 0.717) is 13.1 Å². The van der Waals surface area contributed by atoms with Crippen molar-refractivity contribution in [2.75, 3.05) is 6.54 Å². The summed E-state index contributed by atoms with van der Waals surface area (Å²) in [7, 11) is 0. The summed E-state index contributed by atoms with van der Waals surface area (Å²) in [5.74, 6) is 0.0613. The van der Waals surface area contributed by atoms with Crippen molar-refractivity contribution < 1.29 is 9.90 Å². The molecular weight excluding hydrogens is 210 g/mol. The van der Waals surface area contributed by atoms with Gasteiger partial charge in [0.1, 0.15) is 0 Å². The van der Waals surface area contributed by atoms with E-state index in [-0.39, 0.29) is 12.3 Å². The van der Waals surface area contributed by atoms with Crippen LogP contribution in [-0.4, -0.2) is 28.6 Å². The lowest BCUT2D eigenvalue weighted by atomic mass is 10.3. The minimum absolute atomic E-state index is 0.0613. The van der Waals surface area contributed by atoms with Crippen molar-refractivity contribution in [3.63, 3.8) is 0 Å². The van der Waals surface area contributed by atoms with Gasteiger partial charge in [-0.3, -0.25) is 4.79 Å². The molecule has 1 aliphatic rings. The molecule has 1 aliphatic heterocycles. The van der Waals surface area contributed by atoms with Gasteiger partial charge in [0, 0.05) is 16.3 Å². The van der Waals surface area contributed by atoms with Crippen molar-refractivity contribution in [3.05, 3.63) is 21.4 Å². The monoisotopic (exact) mass is 225 g/mol. The number of amides is 1. The number of thiophene rings is 1. The van der Waals surface area contributed by atoms with E-state index in [1.807, 2.05) is 0 Å². The van der Waals surface area contributed by atoms with Crippen LogP contribution in [0.25, 0.3) is 0 Å². The molecule has 1 amide bonds. The van der Waals surface area contributed by atoms with Gasteiger partial charge in [-0.25, -0.2) is 0 Å². The number of β-amino-alcohol motifs (C(OH)–C–C–N with tert-alkyl or cyclic N) is 1. The highest BCUT2D eigenvalue weighted by Crippen LogP contribution is 2.23. The molecule has 15 heavy (non-hydrogen) atoms. The second-order valence-corrected chi connectivity index (χ2v) is 5.42. The zero-order valence-electron chi connectivity index (χ0n) is 8.99. The third-order valence-corrected chi connectivity index (χ3v) is 3.90. The Morgan fingerprint density at radius 2 is 2.33 bits per heavy atom. The predicted molar refractivity (Wildman–Crippen MR) is 59.8 cm³/mol. The van der Waals surface area contributed by atoms with E-state index < -0.39 is 6.10 Å². The highest BCUT2D eigenvalue weighted by molar-refractivity contribution is 7.12. The Balaban J connectivity index is 2.06. The first-order valence-corrected chi connectivity index (χ1v) is 5.89. The quantitative estimate of drug-likeness (QED) is 0.827. The van der Waals surface area contributed by atoms with Crippen LogP contribution in [0.5, 0.6) is 0 Å². The highest BCUT2D eigenvalue weighted by Gasteiger charge is 2.28. The van der Waals surface area contributed by atoms with E-state index in [0.717, 1.165) is 0 Å². The van der Waals surface area contributed by atoms with Gasteiger partial charge in [0.05, 0.1) is 19.1 Å². The summed E-state index contributed by atoms with van der Waals surface area (Å²) in [6, 6.07) is 2.12. The highest BCUT2D eigenvalue weighted by atomic mass is 32.1. The molecule has 0 bridgehead atoms. The van der Waals surface area contributed by atoms with Crippen LogP contribution in [0.15, 0.2) is 6.07 Å². The lowest BCUT2D eigenvalue weighted by Gasteiger charge is -2.13. The van der Waals surface area contributed by atoms with Gasteiger partial charge in [0.15, 0.2) is 0 Å². The molecule has 1 aromatic rings. The Labute approximate surface area is 93.3 Å². The molecule has 1 saturated heterocycles. The minimum atomic E-state index is -0.473. The molecule has 0 spiro atoms. The summed E-state index contributed by atoms with van der Waals surface area (Å²) in [5.41, 5.74) is 1.28. The van der Waals surface area contributed by atoms with Crippen molar-refractivity contribution in [1.29, 1.82) is 0 Å². The number of aliphatic hydroxyl groups is 1. The van der Waals surface area contributed by atoms with Crippen LogP contribution >= 0.6 is 11.3 Å². The third kappa shape index (κ3) is 2.21. The number of nitrogens with zero attached hydrogens (tertiary/aromatic N) is 1. The van der Waals surface area contributed by atoms with Gasteiger partial charge in [-0.15, -0.1) is 11.3 Å². The maximum Gasteiger partial charge on any atom is 0.225 e. The number of likely N-dealkylation sites (tertiary alicyclic amines) is 1. The molecule has 1 atom stereocenters. The zero-order chi connectivity index (χ0) is 11.0. The van der Waals surface area contributed by atoms with E-state index in [1.165, 1.54) is 15.3 Å². The van der Waals surface area contributed by atoms with E-state index in [4.69, 9.17) is 0 Å². The van der Waals surface area contributed by atoms with Gasteiger partial charge in [0.2, 0.25) is 5.91 Å². The van der Waals surface area contributed by atoms with Crippen LogP contribution < -0.4 is 0 Å². The van der Waals surface area contributed by atoms with Crippen LogP contribution in [-0.2, 0) is 11.3 Å². The smallest absolute Gasteiger partial charge is 0.225 e. The molecule has 0 radical (unpaired) electrons. The molecule has 1 unspecified atom stereocenters. The number of hydrogen-bond donors (Lipinski definition) is 1. The normalized spacial score (nSPS) is 21.4. The molecule has 0 aliphatic carbocycles. The molecule has 0 saturated carbocycles. The fraction of sp³-hybridized carbons (Fsp3) is 0.545. The first kappa shape index (κ1) is 10.6. The number of rotatable bonds is 2. The predicted octanol–water partition coefficient (Wildman–Crippen LogP) is 1.46. The molecule has 82 valence electrons. The summed E-state index contributed by atoms with van der Waals surface area (Å²) in [5, 5.41) is 9.35. The van der Waals surface area contributed by atoms with Crippen molar-refractivity contribution in [2.24, 2.45) is 0 Å². The van der Waals surface area contributed by atoms with Gasteiger partial charge in [-0.2, -0.15) is 0 Å². The number of hydrogen-bond acceptors (Lipinski definition) is 3. The van der Waals surface area contributed by atoms with Crippen LogP contribution in [0, 0.1) is 13.8 Å².